The SMILES string of the molecule is c1ccc(-c2ccc(N(c3cccc(-c4ccccc4)c3)c3ccnc4c3ccc3c(-c5nc(-c6ccccc6)nc(-c6ccccc6)n5)ccnc34)cc2)cc1. The molecule has 3 aromatic heterocycles. The predicted molar refractivity (Wildman–Crippen MR) is 232 cm³/mol. The van der Waals surface area contributed by atoms with Crippen molar-refractivity contribution in [2.45, 2.75) is 0 Å². The molecule has 0 aliphatic rings. The van der Waals surface area contributed by atoms with Crippen LogP contribution in [0.4, 0.5) is 17.1 Å². The molecule has 0 saturated heterocycles. The van der Waals surface area contributed by atoms with Crippen molar-refractivity contribution in [3.05, 3.63) is 207 Å². The highest BCUT2D eigenvalue weighted by molar-refractivity contribution is 6.12. The van der Waals surface area contributed by atoms with Crippen LogP contribution in [-0.4, -0.2) is 24.9 Å². The molecule has 0 aliphatic heterocycles. The van der Waals surface area contributed by atoms with Crippen LogP contribution in [-0.2, 0) is 0 Å². The summed E-state index contributed by atoms with van der Waals surface area (Å²) < 4.78 is 0. The van der Waals surface area contributed by atoms with Crippen molar-refractivity contribution < 1.29 is 0 Å². The van der Waals surface area contributed by atoms with Crippen LogP contribution in [0.5, 0.6) is 0 Å². The van der Waals surface area contributed by atoms with E-state index < -0.39 is 0 Å². The van der Waals surface area contributed by atoms with Crippen molar-refractivity contribution >= 4 is 38.9 Å². The van der Waals surface area contributed by atoms with Crippen molar-refractivity contribution in [2.75, 3.05) is 4.90 Å². The van der Waals surface area contributed by atoms with Gasteiger partial charge in [-0.05, 0) is 64.7 Å². The van der Waals surface area contributed by atoms with Gasteiger partial charge < -0.3 is 4.90 Å². The number of pyridine rings is 2. The van der Waals surface area contributed by atoms with Gasteiger partial charge in [0, 0.05) is 51.2 Å². The summed E-state index contributed by atoms with van der Waals surface area (Å²) in [6.45, 7) is 0. The van der Waals surface area contributed by atoms with E-state index in [1.54, 1.807) is 0 Å². The number of aromatic nitrogens is 5. The molecule has 6 nitrogen and oxygen atoms in total. The highest BCUT2D eigenvalue weighted by Crippen LogP contribution is 2.42. The van der Waals surface area contributed by atoms with Crippen LogP contribution in [0.3, 0.4) is 0 Å². The molecule has 10 aromatic rings. The zero-order chi connectivity index (χ0) is 38.0. The molecule has 7 aromatic carbocycles. The van der Waals surface area contributed by atoms with Gasteiger partial charge in [0.2, 0.25) is 0 Å². The topological polar surface area (TPSA) is 67.7 Å². The zero-order valence-electron chi connectivity index (χ0n) is 30.8. The third-order valence-corrected chi connectivity index (χ3v) is 10.2. The first-order valence-corrected chi connectivity index (χ1v) is 18.9. The van der Waals surface area contributed by atoms with Crippen LogP contribution in [0.2, 0.25) is 0 Å². The summed E-state index contributed by atoms with van der Waals surface area (Å²) in [6.07, 6.45) is 3.70. The maximum Gasteiger partial charge on any atom is 0.164 e. The minimum absolute atomic E-state index is 0.573. The summed E-state index contributed by atoms with van der Waals surface area (Å²) in [6, 6.07) is 66.8. The van der Waals surface area contributed by atoms with Crippen molar-refractivity contribution in [3.8, 4) is 56.4 Å². The van der Waals surface area contributed by atoms with Crippen molar-refractivity contribution in [2.24, 2.45) is 0 Å². The fourth-order valence-electron chi connectivity index (χ4n) is 7.45. The highest BCUT2D eigenvalue weighted by Gasteiger charge is 2.20. The smallest absolute Gasteiger partial charge is 0.164 e. The number of hydrogen-bond acceptors (Lipinski definition) is 6. The Morgan fingerprint density at radius 2 is 0.789 bits per heavy atom. The van der Waals surface area contributed by atoms with E-state index in [1.807, 2.05) is 91.3 Å². The van der Waals surface area contributed by atoms with E-state index in [0.717, 1.165) is 72.2 Å². The van der Waals surface area contributed by atoms with Crippen LogP contribution in [0.15, 0.2) is 207 Å². The molecule has 0 spiro atoms. The molecule has 0 unspecified atom stereocenters. The molecule has 0 amide bonds. The molecule has 0 aliphatic carbocycles. The summed E-state index contributed by atoms with van der Waals surface area (Å²) in [5, 5.41) is 1.88. The zero-order valence-corrected chi connectivity index (χ0v) is 30.8. The largest absolute Gasteiger partial charge is 0.310 e. The molecular weight excluding hydrogens is 697 g/mol. The van der Waals surface area contributed by atoms with Crippen LogP contribution >= 0.6 is 0 Å². The third kappa shape index (κ3) is 6.55. The van der Waals surface area contributed by atoms with Crippen LogP contribution in [0.25, 0.3) is 78.2 Å². The monoisotopic (exact) mass is 730 g/mol. The first kappa shape index (κ1) is 33.7. The summed E-state index contributed by atoms with van der Waals surface area (Å²) in [7, 11) is 0. The van der Waals surface area contributed by atoms with Gasteiger partial charge in [-0.25, -0.2) is 15.0 Å². The van der Waals surface area contributed by atoms with E-state index in [1.165, 1.54) is 5.56 Å². The first-order valence-electron chi connectivity index (χ1n) is 18.9. The second kappa shape index (κ2) is 14.8. The van der Waals surface area contributed by atoms with E-state index in [9.17, 15) is 0 Å². The van der Waals surface area contributed by atoms with Crippen LogP contribution < -0.4 is 4.90 Å². The molecule has 3 heterocycles. The molecule has 0 radical (unpaired) electrons. The van der Waals surface area contributed by atoms with Gasteiger partial charge in [-0.1, -0.05) is 152 Å². The Bertz CT molecular complexity index is 2930. The molecule has 0 fully saturated rings. The maximum atomic E-state index is 5.04. The Labute approximate surface area is 330 Å². The quantitative estimate of drug-likeness (QED) is 0.145. The number of rotatable bonds is 8. The Hall–Kier alpha value is -7.83. The second-order valence-electron chi connectivity index (χ2n) is 13.7. The molecule has 6 heteroatoms. The molecule has 57 heavy (non-hydrogen) atoms. The highest BCUT2D eigenvalue weighted by atomic mass is 15.1. The van der Waals surface area contributed by atoms with Crippen LogP contribution in [0, 0.1) is 0 Å². The van der Waals surface area contributed by atoms with Crippen molar-refractivity contribution in [1.29, 1.82) is 0 Å². The third-order valence-electron chi connectivity index (χ3n) is 10.2. The van der Waals surface area contributed by atoms with Crippen LogP contribution in [0.1, 0.15) is 0 Å². The Kier molecular flexibility index (Phi) is 8.74. The molecule has 0 N–H and O–H groups in total. The standard InChI is InChI=1S/C51H34N6/c1-5-14-35(15-6-1)37-24-26-41(27-25-37)57(42-23-13-22-40(34-42)36-16-7-2-8-17-36)46-31-33-53-48-45(46)29-28-43-44(30-32-52-47(43)48)51-55-49(38-18-9-3-10-19-38)54-50(56-51)39-20-11-4-12-21-39/h1-34H. The lowest BCUT2D eigenvalue weighted by Crippen LogP contribution is -2.11. The Morgan fingerprint density at radius 3 is 1.40 bits per heavy atom. The van der Waals surface area contributed by atoms with Gasteiger partial charge >= 0.3 is 0 Å². The normalized spacial score (nSPS) is 11.2. The molecular formula is C51H34N6. The van der Waals surface area contributed by atoms with Gasteiger partial charge in [0.25, 0.3) is 0 Å². The van der Waals surface area contributed by atoms with E-state index in [-0.39, 0.29) is 0 Å². The number of benzene rings is 7. The van der Waals surface area contributed by atoms with E-state index in [0.29, 0.717) is 17.5 Å². The van der Waals surface area contributed by atoms with Crippen molar-refractivity contribution in [1.82, 2.24) is 24.9 Å². The van der Waals surface area contributed by atoms with Gasteiger partial charge in [0.05, 0.1) is 16.7 Å². The number of anilines is 3. The van der Waals surface area contributed by atoms with Gasteiger partial charge in [0.1, 0.15) is 0 Å². The van der Waals surface area contributed by atoms with Gasteiger partial charge in [-0.2, -0.15) is 0 Å². The first-order chi connectivity index (χ1) is 28.3. The lowest BCUT2D eigenvalue weighted by molar-refractivity contribution is 1.08. The lowest BCUT2D eigenvalue weighted by Gasteiger charge is -2.27. The molecule has 0 bridgehead atoms. The molecule has 10 rings (SSSR count). The maximum absolute atomic E-state index is 5.04. The average molecular weight is 731 g/mol. The minimum Gasteiger partial charge on any atom is -0.310 e. The lowest BCUT2D eigenvalue weighted by atomic mass is 10.0. The summed E-state index contributed by atoms with van der Waals surface area (Å²) in [4.78, 5) is 27.2. The van der Waals surface area contributed by atoms with Crippen molar-refractivity contribution in [3.63, 3.8) is 0 Å². The fraction of sp³-hybridized carbons (Fsp3) is 0. The Morgan fingerprint density at radius 1 is 0.316 bits per heavy atom. The van der Waals surface area contributed by atoms with Gasteiger partial charge in [0.15, 0.2) is 17.5 Å². The number of nitrogens with zero attached hydrogens (tertiary/aromatic N) is 6. The van der Waals surface area contributed by atoms with E-state index in [2.05, 4.69) is 120 Å². The Balaban J connectivity index is 1.14. The minimum atomic E-state index is 0.573. The summed E-state index contributed by atoms with van der Waals surface area (Å²) >= 11 is 0. The fourth-order valence-corrected chi connectivity index (χ4v) is 7.45. The predicted octanol–water partition coefficient (Wildman–Crippen LogP) is 12.8. The second-order valence-corrected chi connectivity index (χ2v) is 13.7. The van der Waals surface area contributed by atoms with E-state index in [4.69, 9.17) is 24.9 Å². The van der Waals surface area contributed by atoms with Gasteiger partial charge in [-0.3, -0.25) is 9.97 Å². The summed E-state index contributed by atoms with van der Waals surface area (Å²) in [5.74, 6) is 1.79. The average Bonchev–Trinajstić information content (AvgIpc) is 3.30. The number of fused-ring (bicyclic) bond motifs is 3. The number of hydrogen-bond donors (Lipinski definition) is 0. The summed E-state index contributed by atoms with van der Waals surface area (Å²) in [5.41, 5.74) is 11.9. The molecule has 0 saturated carbocycles. The molecule has 0 atom stereocenters. The molecule has 268 valence electrons. The van der Waals surface area contributed by atoms with Gasteiger partial charge in [-0.15, -0.1) is 0 Å². The van der Waals surface area contributed by atoms with E-state index >= 15 is 0 Å².